The number of para-hydroxylation sites is 1. The molecular formula is C36H52N2O8SSi. The number of hydrogen-bond donors (Lipinski definition) is 1. The van der Waals surface area contributed by atoms with Gasteiger partial charge in [0.05, 0.1) is 30.7 Å². The molecule has 0 unspecified atom stereocenters. The summed E-state index contributed by atoms with van der Waals surface area (Å²) in [6.45, 7) is 17.7. The van der Waals surface area contributed by atoms with E-state index in [9.17, 15) is 13.2 Å². The molecule has 1 N–H and O–H groups in total. The molecule has 1 amide bonds. The van der Waals surface area contributed by atoms with E-state index in [4.69, 9.17) is 22.5 Å². The van der Waals surface area contributed by atoms with Crippen molar-refractivity contribution in [3.63, 3.8) is 0 Å². The second kappa shape index (κ2) is 16.7. The van der Waals surface area contributed by atoms with Gasteiger partial charge in [0, 0.05) is 24.9 Å². The van der Waals surface area contributed by atoms with Gasteiger partial charge in [0.2, 0.25) is 14.2 Å². The zero-order valence-electron chi connectivity index (χ0n) is 29.4. The molecule has 2 aliphatic rings. The molecule has 2 aliphatic heterocycles. The number of rotatable bonds is 13. The van der Waals surface area contributed by atoms with Crippen LogP contribution in [0.5, 0.6) is 0 Å². The monoisotopic (exact) mass is 700 g/mol. The highest BCUT2D eigenvalue weighted by molar-refractivity contribution is 7.85. The number of amides is 1. The summed E-state index contributed by atoms with van der Waals surface area (Å²) in [5.74, 6) is 5.49. The van der Waals surface area contributed by atoms with Gasteiger partial charge in [0.1, 0.15) is 24.7 Å². The summed E-state index contributed by atoms with van der Waals surface area (Å²) in [5.41, 5.74) is 3.64. The summed E-state index contributed by atoms with van der Waals surface area (Å²) in [6, 6.07) is 9.23. The summed E-state index contributed by atoms with van der Waals surface area (Å²) < 4.78 is 53.9. The van der Waals surface area contributed by atoms with Crippen molar-refractivity contribution in [1.82, 2.24) is 4.98 Å². The first-order valence-corrected chi connectivity index (χ1v) is 20.9. The van der Waals surface area contributed by atoms with E-state index in [1.165, 1.54) is 6.26 Å². The smallest absolute Gasteiger partial charge is 0.300 e. The topological polar surface area (TPSA) is 126 Å². The lowest BCUT2D eigenvalue weighted by Gasteiger charge is -2.47. The number of nitrogens with zero attached hydrogens (tertiary/aromatic N) is 1. The van der Waals surface area contributed by atoms with Crippen LogP contribution in [0.4, 0.5) is 5.69 Å². The third kappa shape index (κ3) is 10.6. The molecule has 0 aliphatic carbocycles. The molecule has 0 saturated carbocycles. The molecule has 10 nitrogen and oxygen atoms in total. The van der Waals surface area contributed by atoms with E-state index < -0.39 is 24.5 Å². The molecule has 48 heavy (non-hydrogen) atoms. The van der Waals surface area contributed by atoms with Crippen LogP contribution in [0.15, 0.2) is 53.2 Å². The molecular weight excluding hydrogens is 649 g/mol. The quantitative estimate of drug-likeness (QED) is 0.0981. The first-order valence-electron chi connectivity index (χ1n) is 16.9. The van der Waals surface area contributed by atoms with Gasteiger partial charge in [-0.15, -0.1) is 0 Å². The minimum Gasteiger partial charge on any atom is -0.446 e. The number of nitrogens with one attached hydrogen (secondary N) is 1. The number of carbonyl (C=O) groups is 1. The predicted octanol–water partition coefficient (Wildman–Crippen LogP) is 7.46. The fourth-order valence-electron chi connectivity index (χ4n) is 7.38. The van der Waals surface area contributed by atoms with Crippen molar-refractivity contribution in [2.24, 2.45) is 0 Å². The molecule has 0 spiro atoms. The fourth-order valence-corrected chi connectivity index (χ4v) is 13.3. The molecule has 3 heterocycles. The lowest BCUT2D eigenvalue weighted by Crippen LogP contribution is -2.52. The lowest BCUT2D eigenvalue weighted by atomic mass is 9.91. The highest BCUT2D eigenvalue weighted by atomic mass is 32.2. The Morgan fingerprint density at radius 3 is 2.33 bits per heavy atom. The van der Waals surface area contributed by atoms with Crippen molar-refractivity contribution < 1.29 is 35.7 Å². The molecule has 1 aromatic carbocycles. The zero-order valence-corrected chi connectivity index (χ0v) is 31.2. The minimum atomic E-state index is -3.65. The van der Waals surface area contributed by atoms with E-state index in [-0.39, 0.29) is 42.8 Å². The van der Waals surface area contributed by atoms with Gasteiger partial charge in [0.25, 0.3) is 16.0 Å². The van der Waals surface area contributed by atoms with E-state index in [1.54, 1.807) is 0 Å². The number of anilines is 1. The van der Waals surface area contributed by atoms with Gasteiger partial charge < -0.3 is 23.6 Å². The largest absolute Gasteiger partial charge is 0.446 e. The Labute approximate surface area is 287 Å². The first-order chi connectivity index (χ1) is 22.6. The molecule has 2 fully saturated rings. The molecule has 1 aromatic heterocycles. The Morgan fingerprint density at radius 1 is 1.02 bits per heavy atom. The van der Waals surface area contributed by atoms with Crippen LogP contribution in [0.3, 0.4) is 0 Å². The lowest BCUT2D eigenvalue weighted by molar-refractivity contribution is -0.125. The predicted molar refractivity (Wildman–Crippen MR) is 188 cm³/mol. The summed E-state index contributed by atoms with van der Waals surface area (Å²) >= 11 is 0. The summed E-state index contributed by atoms with van der Waals surface area (Å²) in [7, 11) is -5.85. The molecule has 12 heteroatoms. The maximum absolute atomic E-state index is 12.3. The number of carbonyl (C=O) groups excluding carboxylic acids is 1. The second-order valence-electron chi connectivity index (χ2n) is 14.0. The van der Waals surface area contributed by atoms with Crippen LogP contribution in [0.1, 0.15) is 97.8 Å². The van der Waals surface area contributed by atoms with Crippen LogP contribution in [-0.2, 0) is 39.6 Å². The highest BCUT2D eigenvalue weighted by Crippen LogP contribution is 2.46. The van der Waals surface area contributed by atoms with Crippen LogP contribution >= 0.6 is 0 Å². The standard InChI is InChI=1S/C36H52N2O8SSi/c1-24(2)48(25(3)4,26(5)6)46-32-20-31(45-34(21-32)33-22-42-36(38-33)23-43-47(8,40)41)19-30-18-27(7)17-29(44-30)15-12-16-35(39)37-28-13-10-9-11-14-28/h9-11,13-14,22,24-26,29-32,34H,7,15,17-21,23H2,1-6,8H3,(H,37,39)/t29-,30+,31+,32-,34+/m0/s1. The summed E-state index contributed by atoms with van der Waals surface area (Å²) in [6.07, 6.45) is 5.35. The van der Waals surface area contributed by atoms with Gasteiger partial charge in [-0.25, -0.2) is 4.98 Å². The van der Waals surface area contributed by atoms with Gasteiger partial charge in [-0.3, -0.25) is 8.98 Å². The molecule has 2 saturated heterocycles. The molecule has 4 rings (SSSR count). The van der Waals surface area contributed by atoms with Crippen LogP contribution in [0, 0.1) is 11.8 Å². The van der Waals surface area contributed by atoms with Crippen molar-refractivity contribution in [1.29, 1.82) is 0 Å². The van der Waals surface area contributed by atoms with E-state index in [0.717, 1.165) is 18.2 Å². The van der Waals surface area contributed by atoms with Crippen molar-refractivity contribution in [3.05, 3.63) is 60.3 Å². The SMILES string of the molecule is C=C1C[C@H](C[C@@H]2C[C@H](O[Si](C(C)C)(C(C)C)C(C)C)C[C@H](c3coc(COS(C)(=O)=O)n3)O2)O[C@@H](CC#CC(=O)Nc2ccccc2)C1. The number of hydrogen-bond acceptors (Lipinski definition) is 9. The van der Waals surface area contributed by atoms with Crippen LogP contribution in [-0.4, -0.2) is 58.3 Å². The normalized spacial score (nSPS) is 23.7. The van der Waals surface area contributed by atoms with Gasteiger partial charge >= 0.3 is 0 Å². The van der Waals surface area contributed by atoms with E-state index in [2.05, 4.69) is 70.3 Å². The Kier molecular flexibility index (Phi) is 13.3. The maximum Gasteiger partial charge on any atom is 0.300 e. The van der Waals surface area contributed by atoms with Crippen molar-refractivity contribution in [2.75, 3.05) is 11.6 Å². The van der Waals surface area contributed by atoms with Gasteiger partial charge in [0.15, 0.2) is 0 Å². The number of aromatic nitrogens is 1. The molecule has 0 radical (unpaired) electrons. The molecule has 2 aromatic rings. The maximum atomic E-state index is 12.3. The molecule has 5 atom stereocenters. The third-order valence-electron chi connectivity index (χ3n) is 9.24. The highest BCUT2D eigenvalue weighted by Gasteiger charge is 2.48. The summed E-state index contributed by atoms with van der Waals surface area (Å²) in [5, 5.41) is 2.78. The molecule has 0 bridgehead atoms. The van der Waals surface area contributed by atoms with Crippen molar-refractivity contribution in [2.45, 2.75) is 134 Å². The van der Waals surface area contributed by atoms with Gasteiger partial charge in [-0.05, 0) is 53.9 Å². The van der Waals surface area contributed by atoms with E-state index >= 15 is 0 Å². The minimum absolute atomic E-state index is 0.0587. The van der Waals surface area contributed by atoms with Crippen LogP contribution in [0.2, 0.25) is 16.6 Å². The first kappa shape index (κ1) is 38.0. The van der Waals surface area contributed by atoms with Crippen LogP contribution in [0.25, 0.3) is 0 Å². The van der Waals surface area contributed by atoms with E-state index in [1.807, 2.05) is 30.3 Å². The molecule has 264 valence electrons. The fraction of sp³-hybridized carbons (Fsp3) is 0.611. The number of benzene rings is 1. The summed E-state index contributed by atoms with van der Waals surface area (Å²) in [4.78, 5) is 16.9. The zero-order chi connectivity index (χ0) is 35.1. The number of ether oxygens (including phenoxy) is 2. The van der Waals surface area contributed by atoms with Crippen molar-refractivity contribution in [3.8, 4) is 11.8 Å². The third-order valence-corrected chi connectivity index (χ3v) is 15.9. The Balaban J connectivity index is 1.47. The van der Waals surface area contributed by atoms with Crippen molar-refractivity contribution >= 4 is 30.0 Å². The van der Waals surface area contributed by atoms with Crippen LogP contribution < -0.4 is 5.32 Å². The van der Waals surface area contributed by atoms with E-state index in [0.29, 0.717) is 60.1 Å². The van der Waals surface area contributed by atoms with Gasteiger partial charge in [-0.1, -0.05) is 77.8 Å². The average Bonchev–Trinajstić information content (AvgIpc) is 3.47. The average molecular weight is 701 g/mol. The second-order valence-corrected chi connectivity index (χ2v) is 21.1. The Hall–Kier alpha value is -2.79. The Morgan fingerprint density at radius 2 is 1.69 bits per heavy atom. The van der Waals surface area contributed by atoms with Gasteiger partial charge in [-0.2, -0.15) is 8.42 Å². The number of oxazole rings is 1. The Bertz CT molecular complexity index is 1520.